The van der Waals surface area contributed by atoms with Crippen LogP contribution < -0.4 is 0 Å². The molecule has 0 aliphatic heterocycles. The normalized spacial score (nSPS) is 10.9. The van der Waals surface area contributed by atoms with E-state index in [0.717, 1.165) is 109 Å². The van der Waals surface area contributed by atoms with E-state index in [4.69, 9.17) is 20.1 Å². The molecule has 13 heteroatoms. The van der Waals surface area contributed by atoms with Crippen LogP contribution in [0.15, 0.2) is 310 Å². The largest absolute Gasteiger partial charge is 0.339 e. The fourth-order valence-corrected chi connectivity index (χ4v) is 15.0. The van der Waals surface area contributed by atoms with Gasteiger partial charge in [0.25, 0.3) is 0 Å². The minimum absolute atomic E-state index is 0. The van der Waals surface area contributed by atoms with Gasteiger partial charge in [0.2, 0.25) is 0 Å². The number of para-hydroxylation sites is 2. The first-order chi connectivity index (χ1) is 54.1. The Morgan fingerprint density at radius 1 is 0.378 bits per heavy atom. The summed E-state index contributed by atoms with van der Waals surface area (Å²) >= 11 is 0. The van der Waals surface area contributed by atoms with Crippen LogP contribution in [-0.4, -0.2) is 43.6 Å². The first-order valence-electron chi connectivity index (χ1n) is 38.3. The maximum Gasteiger partial charge on any atom is 0.101 e. The molecule has 0 saturated heterocycles. The third-order valence-electron chi connectivity index (χ3n) is 20.4. The zero-order valence-electron chi connectivity index (χ0n) is 66.1. The zero-order chi connectivity index (χ0) is 76.5. The molecule has 1 aliphatic rings. The van der Waals surface area contributed by atoms with Crippen LogP contribution in [0.1, 0.15) is 119 Å². The molecule has 5 aromatic heterocycles. The van der Waals surface area contributed by atoms with Crippen molar-refractivity contribution in [3.05, 3.63) is 390 Å². The van der Waals surface area contributed by atoms with Crippen LogP contribution in [-0.2, 0) is 98.7 Å². The molecule has 0 spiro atoms. The fourth-order valence-electron chi connectivity index (χ4n) is 15.0. The van der Waals surface area contributed by atoms with Crippen molar-refractivity contribution in [1.82, 2.24) is 43.6 Å². The van der Waals surface area contributed by atoms with Gasteiger partial charge in [-0.05, 0) is 179 Å². The molecule has 119 heavy (non-hydrogen) atoms. The summed E-state index contributed by atoms with van der Waals surface area (Å²) in [6, 6.07) is 114. The minimum atomic E-state index is 0. The SMILES string of the molecule is C.C.C.C.Cc1ccc(-c2nn(-c3[c-]cccc3)c3ccccc23)c(C)c1.Cc1cccc(-c2cccc(-c3cn(-c4cccc5c4CCCC5)c(-c4[c-]cccc4)n3)c2)n1.Cc1cccc(-c2cn(-c3c(C)cc(-c4ccccc4)cc3C)c(-c3[c-]cccc3)n2)c1.Cc1ccccc1-c1[c-]c(-n2nccc2C(C)(C)C)ccc1.[Ir].[Ir].[Ir].[Ir]. The minimum Gasteiger partial charge on any atom is -0.339 e. The molecule has 0 atom stereocenters. The molecule has 0 fully saturated rings. The second-order valence-corrected chi connectivity index (χ2v) is 29.7. The van der Waals surface area contributed by atoms with E-state index >= 15 is 0 Å². The first kappa shape index (κ1) is 95.6. The van der Waals surface area contributed by atoms with Gasteiger partial charge in [0.1, 0.15) is 5.69 Å². The number of hydrogen-bond acceptors (Lipinski definition) is 5. The fraction of sp³-hybridized carbons (Fsp3) is 0.179. The Hall–Kier alpha value is -10.5. The van der Waals surface area contributed by atoms with Crippen LogP contribution in [0.3, 0.4) is 0 Å². The smallest absolute Gasteiger partial charge is 0.101 e. The summed E-state index contributed by atoms with van der Waals surface area (Å²) in [7, 11) is 0. The molecule has 9 nitrogen and oxygen atoms in total. The Bertz CT molecular complexity index is 6090. The molecule has 4 radical (unpaired) electrons. The van der Waals surface area contributed by atoms with Gasteiger partial charge in [-0.3, -0.25) is 24.3 Å². The molecule has 1 aliphatic carbocycles. The van der Waals surface area contributed by atoms with Crippen molar-refractivity contribution >= 4 is 10.9 Å². The molecule has 0 amide bonds. The van der Waals surface area contributed by atoms with E-state index in [9.17, 15) is 0 Å². The van der Waals surface area contributed by atoms with Gasteiger partial charge in [-0.2, -0.15) is 34.5 Å². The second kappa shape index (κ2) is 43.4. The average Bonchev–Trinajstić information content (AvgIpc) is 1.61. The van der Waals surface area contributed by atoms with Crippen LogP contribution in [0.2, 0.25) is 0 Å². The van der Waals surface area contributed by atoms with Crippen LogP contribution >= 0.6 is 0 Å². The van der Waals surface area contributed by atoms with E-state index in [1.54, 1.807) is 0 Å². The van der Waals surface area contributed by atoms with E-state index < -0.39 is 0 Å². The van der Waals surface area contributed by atoms with Crippen molar-refractivity contribution in [2.75, 3.05) is 0 Å². The Kier molecular flexibility index (Phi) is 34.9. The Morgan fingerprint density at radius 2 is 0.933 bits per heavy atom. The van der Waals surface area contributed by atoms with Crippen LogP contribution in [0.5, 0.6) is 0 Å². The van der Waals surface area contributed by atoms with Gasteiger partial charge in [0.05, 0.1) is 34.2 Å². The van der Waals surface area contributed by atoms with Crippen molar-refractivity contribution in [3.63, 3.8) is 0 Å². The first-order valence-corrected chi connectivity index (χ1v) is 38.3. The third kappa shape index (κ3) is 21.9. The second-order valence-electron chi connectivity index (χ2n) is 29.7. The van der Waals surface area contributed by atoms with Gasteiger partial charge < -0.3 is 9.13 Å². The molecule has 5 heterocycles. The molecule has 0 N–H and O–H groups in total. The molecule has 0 unspecified atom stereocenters. The Labute approximate surface area is 761 Å². The molecule has 17 aromatic rings. The summed E-state index contributed by atoms with van der Waals surface area (Å²) in [5.41, 5.74) is 33.2. The third-order valence-corrected chi connectivity index (χ3v) is 20.4. The predicted molar refractivity (Wildman–Crippen MR) is 484 cm³/mol. The summed E-state index contributed by atoms with van der Waals surface area (Å²) in [4.78, 5) is 14.9. The molecule has 0 bridgehead atoms. The summed E-state index contributed by atoms with van der Waals surface area (Å²) in [5, 5.41) is 10.6. The number of aryl methyl sites for hydroxylation is 8. The van der Waals surface area contributed by atoms with Crippen LogP contribution in [0.25, 0.3) is 124 Å². The molecule has 12 aromatic carbocycles. The Balaban J connectivity index is 0.000000217. The van der Waals surface area contributed by atoms with Gasteiger partial charge in [-0.15, -0.1) is 108 Å². The predicted octanol–water partition coefficient (Wildman–Crippen LogP) is 27.4. The quantitative estimate of drug-likeness (QED) is 0.114. The maximum atomic E-state index is 5.14. The summed E-state index contributed by atoms with van der Waals surface area (Å²) in [6.45, 7) is 21.5. The van der Waals surface area contributed by atoms with Crippen molar-refractivity contribution in [1.29, 1.82) is 0 Å². The average molecular weight is 2270 g/mol. The van der Waals surface area contributed by atoms with E-state index in [0.29, 0.717) is 0 Å². The number of imidazole rings is 2. The number of hydrogen-bond donors (Lipinski definition) is 0. The van der Waals surface area contributed by atoms with Crippen molar-refractivity contribution < 1.29 is 80.4 Å². The number of benzene rings is 12. The van der Waals surface area contributed by atoms with Gasteiger partial charge >= 0.3 is 0 Å². The van der Waals surface area contributed by atoms with Crippen molar-refractivity contribution in [3.8, 4) is 113 Å². The molecule has 18 rings (SSSR count). The van der Waals surface area contributed by atoms with Crippen LogP contribution in [0.4, 0.5) is 0 Å². The summed E-state index contributed by atoms with van der Waals surface area (Å²) < 4.78 is 8.46. The van der Waals surface area contributed by atoms with E-state index in [1.165, 1.54) is 96.7 Å². The van der Waals surface area contributed by atoms with Crippen molar-refractivity contribution in [2.45, 2.75) is 130 Å². The van der Waals surface area contributed by atoms with Gasteiger partial charge in [0, 0.05) is 155 Å². The maximum absolute atomic E-state index is 5.14. The molecular weight excluding hydrogens is 2170 g/mol. The zero-order valence-corrected chi connectivity index (χ0v) is 75.7. The number of fused-ring (bicyclic) bond motifs is 2. The summed E-state index contributed by atoms with van der Waals surface area (Å²) in [5.74, 6) is 1.83. The van der Waals surface area contributed by atoms with E-state index in [-0.39, 0.29) is 116 Å². The topological polar surface area (TPSA) is 84.2 Å². The molecule has 614 valence electrons. The van der Waals surface area contributed by atoms with Crippen molar-refractivity contribution in [2.24, 2.45) is 0 Å². The van der Waals surface area contributed by atoms with E-state index in [2.05, 4.69) is 344 Å². The van der Waals surface area contributed by atoms with E-state index in [1.807, 2.05) is 83.1 Å². The van der Waals surface area contributed by atoms with Gasteiger partial charge in [-0.25, -0.2) is 0 Å². The monoisotopic (exact) mass is 2280 g/mol. The van der Waals surface area contributed by atoms with Gasteiger partial charge in [0.15, 0.2) is 0 Å². The van der Waals surface area contributed by atoms with Crippen LogP contribution in [0, 0.1) is 72.7 Å². The number of aromatic nitrogens is 9. The molecule has 0 saturated carbocycles. The number of rotatable bonds is 12. The Morgan fingerprint density at radius 3 is 1.58 bits per heavy atom. The molecular formula is C106H105Ir4N9-4. The summed E-state index contributed by atoms with van der Waals surface area (Å²) in [6.07, 6.45) is 11.0. The number of nitrogens with zero attached hydrogens (tertiary/aromatic N) is 9. The number of pyridine rings is 1. The standard InChI is InChI=1S/C31H26N3.C30H25N2.C21H17N2.C20H21N2.4CH4.4Ir/c1-22-10-7-18-28(32-22)25-15-8-16-26(20-25)29-21-34(31(33-29)24-12-3-2-4-13-24)30-19-9-14-23-11-5-6-17-27(23)30;1-21-11-10-16-26(17-21)28-20-32(30(31-28)25-14-8-5-9-15-25)29-22(2)18-27(19-23(29)3)24-12-6-4-7-13-24;1-15-12-13-18(16(2)14-15)21-19-10-6-7-11-20(19)23(22-21)17-8-4-3-5-9-17;1-15-8-5-6-11-18(15)16-9-7-10-17(14-16)22-19(12-13-21-22)20(2,3)4;;;;;;;;/h2-4,7-10,12,14-16,18-21H,5-6,11,17H2,1H3;4-14,16-20H,1-3H3;3-8,10-14H,1-2H3;5-13H,1-4H3;4*1H4;;;;/q4*-1;;;;;;;;. The van der Waals surface area contributed by atoms with Gasteiger partial charge in [-0.1, -0.05) is 218 Å².